The number of Topliss-reactive ketones (excluding diaryl/α,β-unsaturated/α-hetero) is 1. The van der Waals surface area contributed by atoms with Gasteiger partial charge < -0.3 is 34.3 Å². The van der Waals surface area contributed by atoms with Crippen LogP contribution in [0.15, 0.2) is 42.5 Å². The number of carbonyl (C=O) groups excluding carboxylic acids is 3. The summed E-state index contributed by atoms with van der Waals surface area (Å²) in [7, 11) is 3.04. The van der Waals surface area contributed by atoms with Gasteiger partial charge in [-0.05, 0) is 19.1 Å². The first kappa shape index (κ1) is 24.3. The number of ketones is 1. The van der Waals surface area contributed by atoms with Crippen LogP contribution in [0.3, 0.4) is 0 Å². The summed E-state index contributed by atoms with van der Waals surface area (Å²) in [4.78, 5) is 36.5. The van der Waals surface area contributed by atoms with E-state index in [-0.39, 0.29) is 19.0 Å². The molecule has 11 heteroatoms. The third kappa shape index (κ3) is 5.81. The molecule has 4 rings (SSSR count). The van der Waals surface area contributed by atoms with Crippen molar-refractivity contribution in [2.75, 3.05) is 38.1 Å². The third-order valence-corrected chi connectivity index (χ3v) is 5.71. The SMILES string of the molecule is COc1cc(NC(=O)N[C@H]2CO[C@H]3[C@@H]2OC[C@H]3OC(=O)Nc2cccc(C(C)=O)c2)cc(OC)c1. The van der Waals surface area contributed by atoms with Crippen molar-refractivity contribution in [3.63, 3.8) is 0 Å². The second kappa shape index (κ2) is 10.6. The van der Waals surface area contributed by atoms with Crippen LogP contribution >= 0.6 is 0 Å². The van der Waals surface area contributed by atoms with Gasteiger partial charge in [-0.1, -0.05) is 12.1 Å². The van der Waals surface area contributed by atoms with E-state index in [0.717, 1.165) is 0 Å². The standard InChI is InChI=1S/C24H27N3O8/c1-13(28)14-5-4-6-15(7-14)26-24(30)35-20-12-34-21-19(11-33-22(20)21)27-23(29)25-16-8-17(31-2)10-18(9-16)32-3/h4-10,19-22H,11-12H2,1-3H3,(H,26,30)(H2,25,27,29)/t19-,20+,21+,22+/m0/s1. The average Bonchev–Trinajstić information content (AvgIpc) is 3.42. The highest BCUT2D eigenvalue weighted by atomic mass is 16.6. The Bertz CT molecular complexity index is 1090. The number of benzene rings is 2. The lowest BCUT2D eigenvalue weighted by atomic mass is 10.1. The van der Waals surface area contributed by atoms with Crippen LogP contribution in [-0.2, 0) is 14.2 Å². The van der Waals surface area contributed by atoms with E-state index < -0.39 is 36.5 Å². The number of hydrogen-bond acceptors (Lipinski definition) is 8. The van der Waals surface area contributed by atoms with Crippen LogP contribution in [0, 0.1) is 0 Å². The van der Waals surface area contributed by atoms with Crippen LogP contribution in [-0.4, -0.2) is 69.7 Å². The van der Waals surface area contributed by atoms with Gasteiger partial charge in [0.05, 0.1) is 33.5 Å². The van der Waals surface area contributed by atoms with Gasteiger partial charge in [0.2, 0.25) is 0 Å². The Balaban J connectivity index is 1.30. The van der Waals surface area contributed by atoms with Crippen LogP contribution in [0.5, 0.6) is 11.5 Å². The Morgan fingerprint density at radius 3 is 2.29 bits per heavy atom. The van der Waals surface area contributed by atoms with Gasteiger partial charge in [-0.25, -0.2) is 9.59 Å². The van der Waals surface area contributed by atoms with Crippen molar-refractivity contribution in [1.29, 1.82) is 0 Å². The Labute approximate surface area is 202 Å². The van der Waals surface area contributed by atoms with Gasteiger partial charge in [0.15, 0.2) is 11.9 Å². The Kier molecular flexibility index (Phi) is 7.37. The third-order valence-electron chi connectivity index (χ3n) is 5.71. The first-order valence-electron chi connectivity index (χ1n) is 11.0. The van der Waals surface area contributed by atoms with Crippen molar-refractivity contribution in [3.8, 4) is 11.5 Å². The minimum Gasteiger partial charge on any atom is -0.497 e. The molecule has 35 heavy (non-hydrogen) atoms. The van der Waals surface area contributed by atoms with Gasteiger partial charge in [-0.2, -0.15) is 0 Å². The summed E-state index contributed by atoms with van der Waals surface area (Å²) in [6, 6.07) is 10.7. The highest BCUT2D eigenvalue weighted by Gasteiger charge is 2.50. The molecule has 0 aliphatic carbocycles. The molecule has 3 amide bonds. The number of rotatable bonds is 7. The zero-order chi connectivity index (χ0) is 24.9. The fourth-order valence-corrected chi connectivity index (χ4v) is 4.00. The summed E-state index contributed by atoms with van der Waals surface area (Å²) < 4.78 is 27.5. The van der Waals surface area contributed by atoms with Gasteiger partial charge in [0, 0.05) is 35.1 Å². The van der Waals surface area contributed by atoms with E-state index in [1.54, 1.807) is 42.5 Å². The van der Waals surface area contributed by atoms with E-state index in [0.29, 0.717) is 28.4 Å². The second-order valence-electron chi connectivity index (χ2n) is 8.11. The Morgan fingerprint density at radius 2 is 1.60 bits per heavy atom. The molecular formula is C24H27N3O8. The normalized spacial score (nSPS) is 22.6. The van der Waals surface area contributed by atoms with E-state index >= 15 is 0 Å². The summed E-state index contributed by atoms with van der Waals surface area (Å²) in [5, 5.41) is 8.18. The molecule has 2 heterocycles. The number of nitrogens with one attached hydrogen (secondary N) is 3. The second-order valence-corrected chi connectivity index (χ2v) is 8.11. The van der Waals surface area contributed by atoms with Crippen LogP contribution in [0.2, 0.25) is 0 Å². The molecule has 0 bridgehead atoms. The lowest BCUT2D eigenvalue weighted by Gasteiger charge is -2.18. The van der Waals surface area contributed by atoms with Crippen molar-refractivity contribution in [1.82, 2.24) is 5.32 Å². The number of carbonyl (C=O) groups is 3. The van der Waals surface area contributed by atoms with Crippen molar-refractivity contribution in [2.24, 2.45) is 0 Å². The number of amides is 3. The molecule has 4 atom stereocenters. The molecule has 0 radical (unpaired) electrons. The molecule has 2 aromatic carbocycles. The first-order chi connectivity index (χ1) is 16.9. The Hall–Kier alpha value is -3.83. The molecular weight excluding hydrogens is 458 g/mol. The monoisotopic (exact) mass is 485 g/mol. The molecule has 11 nitrogen and oxygen atoms in total. The van der Waals surface area contributed by atoms with E-state index in [1.807, 2.05) is 0 Å². The molecule has 0 spiro atoms. The smallest absolute Gasteiger partial charge is 0.412 e. The number of anilines is 2. The maximum absolute atomic E-state index is 12.6. The van der Waals surface area contributed by atoms with Crippen LogP contribution in [0.1, 0.15) is 17.3 Å². The largest absolute Gasteiger partial charge is 0.497 e. The summed E-state index contributed by atoms with van der Waals surface area (Å²) in [6.07, 6.45) is -2.33. The van der Waals surface area contributed by atoms with Crippen LogP contribution < -0.4 is 25.4 Å². The molecule has 186 valence electrons. The first-order valence-corrected chi connectivity index (χ1v) is 11.0. The van der Waals surface area contributed by atoms with E-state index in [9.17, 15) is 14.4 Å². The van der Waals surface area contributed by atoms with Crippen molar-refractivity contribution in [3.05, 3.63) is 48.0 Å². The Morgan fingerprint density at radius 1 is 0.886 bits per heavy atom. The van der Waals surface area contributed by atoms with Crippen molar-refractivity contribution < 1.29 is 38.1 Å². The summed E-state index contributed by atoms with van der Waals surface area (Å²) >= 11 is 0. The highest BCUT2D eigenvalue weighted by Crippen LogP contribution is 2.30. The lowest BCUT2D eigenvalue weighted by molar-refractivity contribution is 0.00873. The molecule has 2 aliphatic rings. The maximum atomic E-state index is 12.6. The van der Waals surface area contributed by atoms with Gasteiger partial charge in [-0.15, -0.1) is 0 Å². The zero-order valence-corrected chi connectivity index (χ0v) is 19.5. The minimum atomic E-state index is -0.690. The molecule has 2 aliphatic heterocycles. The molecule has 2 fully saturated rings. The fourth-order valence-electron chi connectivity index (χ4n) is 4.00. The predicted octanol–water partition coefficient (Wildman–Crippen LogP) is 2.81. The van der Waals surface area contributed by atoms with Gasteiger partial charge in [-0.3, -0.25) is 10.1 Å². The molecule has 0 unspecified atom stereocenters. The lowest BCUT2D eigenvalue weighted by Crippen LogP contribution is -2.46. The fraction of sp³-hybridized carbons (Fsp3) is 0.375. The predicted molar refractivity (Wildman–Crippen MR) is 125 cm³/mol. The number of methoxy groups -OCH3 is 2. The van der Waals surface area contributed by atoms with E-state index in [2.05, 4.69) is 16.0 Å². The van der Waals surface area contributed by atoms with Crippen LogP contribution in [0.25, 0.3) is 0 Å². The molecule has 3 N–H and O–H groups in total. The van der Waals surface area contributed by atoms with Crippen molar-refractivity contribution in [2.45, 2.75) is 31.3 Å². The molecule has 2 aromatic rings. The van der Waals surface area contributed by atoms with Gasteiger partial charge in [0.1, 0.15) is 23.7 Å². The van der Waals surface area contributed by atoms with Gasteiger partial charge >= 0.3 is 12.1 Å². The molecule has 2 saturated heterocycles. The molecule has 0 aromatic heterocycles. The highest BCUT2D eigenvalue weighted by molar-refractivity contribution is 5.96. The number of fused-ring (bicyclic) bond motifs is 1. The minimum absolute atomic E-state index is 0.110. The van der Waals surface area contributed by atoms with E-state index in [4.69, 9.17) is 23.7 Å². The van der Waals surface area contributed by atoms with Crippen LogP contribution in [0.4, 0.5) is 21.0 Å². The summed E-state index contributed by atoms with van der Waals surface area (Å²) in [5.74, 6) is 0.963. The van der Waals surface area contributed by atoms with Gasteiger partial charge in [0.25, 0.3) is 0 Å². The maximum Gasteiger partial charge on any atom is 0.412 e. The summed E-state index contributed by atoms with van der Waals surface area (Å²) in [6.45, 7) is 1.78. The average molecular weight is 485 g/mol. The number of urea groups is 1. The zero-order valence-electron chi connectivity index (χ0n) is 19.5. The number of hydrogen-bond donors (Lipinski definition) is 3. The van der Waals surface area contributed by atoms with Crippen molar-refractivity contribution >= 4 is 29.3 Å². The van der Waals surface area contributed by atoms with E-state index in [1.165, 1.54) is 21.1 Å². The summed E-state index contributed by atoms with van der Waals surface area (Å²) in [5.41, 5.74) is 1.41. The number of ether oxygens (including phenoxy) is 5. The quantitative estimate of drug-likeness (QED) is 0.510. The topological polar surface area (TPSA) is 133 Å². The molecule has 0 saturated carbocycles.